The van der Waals surface area contributed by atoms with E-state index in [4.69, 9.17) is 4.98 Å². The summed E-state index contributed by atoms with van der Waals surface area (Å²) in [6, 6.07) is 15.8. The number of piperidine rings is 1. The second kappa shape index (κ2) is 6.55. The van der Waals surface area contributed by atoms with Gasteiger partial charge in [-0.25, -0.2) is 4.98 Å². The number of thiazole rings is 1. The Morgan fingerprint density at radius 3 is 2.78 bits per heavy atom. The summed E-state index contributed by atoms with van der Waals surface area (Å²) in [5.41, 5.74) is 2.31. The number of para-hydroxylation sites is 2. The number of quaternary nitrogens is 1. The van der Waals surface area contributed by atoms with Crippen molar-refractivity contribution in [1.29, 1.82) is 0 Å². The number of carbonyl (C=O) groups is 2. The molecule has 0 bridgehead atoms. The SMILES string of the molecule is O=C1C(=O)N(C[NH+]2CCCC[C@@H]2c2nc3ccccc3s2)c2ccccc21. The van der Waals surface area contributed by atoms with Crippen LogP contribution in [0.5, 0.6) is 0 Å². The largest absolute Gasteiger partial charge is 0.309 e. The van der Waals surface area contributed by atoms with Gasteiger partial charge < -0.3 is 4.90 Å². The molecule has 5 nitrogen and oxygen atoms in total. The molecule has 2 atom stereocenters. The molecule has 1 fully saturated rings. The van der Waals surface area contributed by atoms with Crippen molar-refractivity contribution in [2.24, 2.45) is 0 Å². The maximum atomic E-state index is 12.6. The van der Waals surface area contributed by atoms with Crippen LogP contribution in [-0.4, -0.2) is 29.9 Å². The molecule has 1 unspecified atom stereocenters. The summed E-state index contributed by atoms with van der Waals surface area (Å²) >= 11 is 1.75. The lowest BCUT2D eigenvalue weighted by Gasteiger charge is -2.33. The topological polar surface area (TPSA) is 54.7 Å². The summed E-state index contributed by atoms with van der Waals surface area (Å²) in [6.45, 7) is 1.50. The lowest BCUT2D eigenvalue weighted by molar-refractivity contribution is -0.935. The van der Waals surface area contributed by atoms with Crippen LogP contribution >= 0.6 is 11.3 Å². The first kappa shape index (κ1) is 16.6. The molecule has 1 saturated heterocycles. The average molecular weight is 378 g/mol. The molecular weight excluding hydrogens is 358 g/mol. The van der Waals surface area contributed by atoms with Crippen molar-refractivity contribution in [2.45, 2.75) is 25.3 Å². The minimum atomic E-state index is -0.405. The van der Waals surface area contributed by atoms with Gasteiger partial charge in [-0.2, -0.15) is 0 Å². The molecule has 3 aromatic rings. The second-order valence-electron chi connectivity index (χ2n) is 7.21. The van der Waals surface area contributed by atoms with Gasteiger partial charge in [-0.15, -0.1) is 11.3 Å². The molecule has 2 aromatic carbocycles. The fraction of sp³-hybridized carbons (Fsp3) is 0.286. The van der Waals surface area contributed by atoms with E-state index < -0.39 is 11.7 Å². The van der Waals surface area contributed by atoms with Crippen molar-refractivity contribution < 1.29 is 14.5 Å². The van der Waals surface area contributed by atoms with Gasteiger partial charge in [0, 0.05) is 6.42 Å². The first-order valence-electron chi connectivity index (χ1n) is 9.37. The molecule has 0 aliphatic carbocycles. The molecule has 0 radical (unpaired) electrons. The van der Waals surface area contributed by atoms with Crippen molar-refractivity contribution in [3.05, 3.63) is 59.1 Å². The number of rotatable bonds is 3. The number of aromatic nitrogens is 1. The molecule has 6 heteroatoms. The molecule has 1 amide bonds. The van der Waals surface area contributed by atoms with E-state index in [0.29, 0.717) is 12.2 Å². The number of anilines is 1. The van der Waals surface area contributed by atoms with Crippen LogP contribution in [0.25, 0.3) is 10.2 Å². The first-order chi connectivity index (χ1) is 13.2. The zero-order valence-corrected chi connectivity index (χ0v) is 15.7. The number of nitrogens with one attached hydrogen (secondary N) is 1. The van der Waals surface area contributed by atoms with Crippen molar-refractivity contribution in [2.75, 3.05) is 18.1 Å². The fourth-order valence-electron chi connectivity index (χ4n) is 4.21. The Morgan fingerprint density at radius 1 is 1.07 bits per heavy atom. The van der Waals surface area contributed by atoms with Crippen LogP contribution in [0.4, 0.5) is 5.69 Å². The molecular formula is C21H20N3O2S+. The summed E-state index contributed by atoms with van der Waals surface area (Å²) in [7, 11) is 0. The summed E-state index contributed by atoms with van der Waals surface area (Å²) in [5.74, 6) is -0.795. The van der Waals surface area contributed by atoms with Crippen LogP contribution in [-0.2, 0) is 4.79 Å². The highest BCUT2D eigenvalue weighted by Gasteiger charge is 2.40. The number of nitrogens with zero attached hydrogens (tertiary/aromatic N) is 2. The Bertz CT molecular complexity index is 1010. The maximum Gasteiger partial charge on any atom is 0.303 e. The van der Waals surface area contributed by atoms with Crippen LogP contribution < -0.4 is 9.80 Å². The van der Waals surface area contributed by atoms with E-state index >= 15 is 0 Å². The standard InChI is InChI=1S/C21H19N3O2S/c25-19-14-7-1-3-9-16(14)24(21(19)26)13-23-12-6-5-10-17(23)20-22-15-8-2-4-11-18(15)27-20/h1-4,7-9,11,17H,5-6,10,12-13H2/p+1/t17-/m1/s1. The second-order valence-corrected chi connectivity index (χ2v) is 8.28. The first-order valence-corrected chi connectivity index (χ1v) is 10.2. The lowest BCUT2D eigenvalue weighted by Crippen LogP contribution is -3.14. The molecule has 1 aromatic heterocycles. The number of ketones is 1. The minimum absolute atomic E-state index is 0.270. The smallest absolute Gasteiger partial charge is 0.303 e. The number of carbonyl (C=O) groups excluding carboxylic acids is 2. The third-order valence-corrected chi connectivity index (χ3v) is 6.73. The number of likely N-dealkylation sites (tertiary alicyclic amines) is 1. The van der Waals surface area contributed by atoms with E-state index in [1.165, 1.54) is 16.0 Å². The highest BCUT2D eigenvalue weighted by Crippen LogP contribution is 2.30. The van der Waals surface area contributed by atoms with Crippen molar-refractivity contribution in [3.63, 3.8) is 0 Å². The number of Topliss-reactive ketones (excluding diaryl/α,β-unsaturated/α-hetero) is 1. The van der Waals surface area contributed by atoms with Crippen molar-refractivity contribution >= 4 is 38.9 Å². The van der Waals surface area contributed by atoms with Crippen molar-refractivity contribution in [3.8, 4) is 0 Å². The van der Waals surface area contributed by atoms with Gasteiger partial charge in [-0.1, -0.05) is 24.3 Å². The number of hydrogen-bond acceptors (Lipinski definition) is 4. The van der Waals surface area contributed by atoms with Gasteiger partial charge in [-0.3, -0.25) is 14.5 Å². The molecule has 3 heterocycles. The zero-order chi connectivity index (χ0) is 18.4. The van der Waals surface area contributed by atoms with E-state index in [-0.39, 0.29) is 6.04 Å². The van der Waals surface area contributed by atoms with Gasteiger partial charge in [0.1, 0.15) is 6.04 Å². The van der Waals surface area contributed by atoms with Crippen molar-refractivity contribution in [1.82, 2.24) is 4.98 Å². The van der Waals surface area contributed by atoms with E-state index in [2.05, 4.69) is 12.1 Å². The maximum absolute atomic E-state index is 12.6. The summed E-state index contributed by atoms with van der Waals surface area (Å²) in [5, 5.41) is 1.14. The monoisotopic (exact) mass is 378 g/mol. The normalized spacial score (nSPS) is 22.4. The summed E-state index contributed by atoms with van der Waals surface area (Å²) in [6.07, 6.45) is 3.37. The minimum Gasteiger partial charge on any atom is -0.309 e. The highest BCUT2D eigenvalue weighted by molar-refractivity contribution is 7.18. The third kappa shape index (κ3) is 2.76. The lowest BCUT2D eigenvalue weighted by atomic mass is 10.0. The number of benzene rings is 2. The Hall–Kier alpha value is -2.57. The average Bonchev–Trinajstić information content (AvgIpc) is 3.24. The van der Waals surface area contributed by atoms with Gasteiger partial charge in [-0.05, 0) is 37.1 Å². The quantitative estimate of drug-likeness (QED) is 0.713. The van der Waals surface area contributed by atoms with Gasteiger partial charge >= 0.3 is 5.91 Å². The third-order valence-electron chi connectivity index (χ3n) is 5.58. The fourth-order valence-corrected chi connectivity index (χ4v) is 5.37. The predicted molar refractivity (Wildman–Crippen MR) is 105 cm³/mol. The highest BCUT2D eigenvalue weighted by atomic mass is 32.1. The number of amides is 1. The molecule has 2 aliphatic heterocycles. The van der Waals surface area contributed by atoms with Crippen LogP contribution in [0.3, 0.4) is 0 Å². The van der Waals surface area contributed by atoms with Gasteiger partial charge in [0.05, 0.1) is 28.0 Å². The van der Waals surface area contributed by atoms with Crippen LogP contribution in [0, 0.1) is 0 Å². The molecule has 0 saturated carbocycles. The Kier molecular flexibility index (Phi) is 4.02. The van der Waals surface area contributed by atoms with Gasteiger partial charge in [0.15, 0.2) is 11.7 Å². The van der Waals surface area contributed by atoms with Gasteiger partial charge in [0.2, 0.25) is 0 Å². The molecule has 0 spiro atoms. The Morgan fingerprint density at radius 2 is 1.89 bits per heavy atom. The van der Waals surface area contributed by atoms with Gasteiger partial charge in [0.25, 0.3) is 5.78 Å². The molecule has 5 rings (SSSR count). The Labute approximate surface area is 161 Å². The van der Waals surface area contributed by atoms with Crippen LogP contribution in [0.15, 0.2) is 48.5 Å². The van der Waals surface area contributed by atoms with Crippen LogP contribution in [0.2, 0.25) is 0 Å². The zero-order valence-electron chi connectivity index (χ0n) is 14.9. The Balaban J connectivity index is 1.46. The predicted octanol–water partition coefficient (Wildman–Crippen LogP) is 2.59. The summed E-state index contributed by atoms with van der Waals surface area (Å²) < 4.78 is 1.20. The van der Waals surface area contributed by atoms with E-state index in [0.717, 1.165) is 35.6 Å². The number of fused-ring (bicyclic) bond motifs is 2. The van der Waals surface area contributed by atoms with E-state index in [1.54, 1.807) is 22.3 Å². The molecule has 1 N–H and O–H groups in total. The van der Waals surface area contributed by atoms with E-state index in [1.807, 2.05) is 30.3 Å². The number of hydrogen-bond donors (Lipinski definition) is 1. The molecule has 2 aliphatic rings. The molecule has 136 valence electrons. The van der Waals surface area contributed by atoms with E-state index in [9.17, 15) is 9.59 Å². The van der Waals surface area contributed by atoms with Crippen LogP contribution in [0.1, 0.15) is 40.7 Å². The molecule has 27 heavy (non-hydrogen) atoms. The summed E-state index contributed by atoms with van der Waals surface area (Å²) in [4.78, 5) is 32.7.